The van der Waals surface area contributed by atoms with Crippen LogP contribution in [0.2, 0.25) is 5.02 Å². The molecule has 1 amide bonds. The van der Waals surface area contributed by atoms with E-state index >= 15 is 0 Å². The van der Waals surface area contributed by atoms with Crippen LogP contribution in [0.4, 0.5) is 5.69 Å². The molecule has 1 heterocycles. The topological polar surface area (TPSA) is 84.1 Å². The molecule has 33 heavy (non-hydrogen) atoms. The van der Waals surface area contributed by atoms with Gasteiger partial charge in [-0.15, -0.1) is 5.69 Å². The molecule has 0 aliphatic carbocycles. The molecule has 0 radical (unpaired) electrons. The van der Waals surface area contributed by atoms with Gasteiger partial charge in [-0.25, -0.2) is 0 Å². The molecule has 0 saturated carbocycles. The van der Waals surface area contributed by atoms with Gasteiger partial charge in [-0.3, -0.25) is 14.7 Å². The van der Waals surface area contributed by atoms with Crippen molar-refractivity contribution < 1.29 is 31.2 Å². The van der Waals surface area contributed by atoms with Crippen LogP contribution in [-0.4, -0.2) is 52.8 Å². The number of benzene rings is 2. The van der Waals surface area contributed by atoms with Crippen molar-refractivity contribution in [1.29, 1.82) is 0 Å². The van der Waals surface area contributed by atoms with E-state index in [1.165, 1.54) is 0 Å². The summed E-state index contributed by atoms with van der Waals surface area (Å²) in [5, 5.41) is 14.3. The third-order valence-corrected chi connectivity index (χ3v) is 6.29. The second kappa shape index (κ2) is 11.8. The van der Waals surface area contributed by atoms with Crippen LogP contribution in [0.3, 0.4) is 0 Å². The van der Waals surface area contributed by atoms with Gasteiger partial charge in [0, 0.05) is 27.1 Å². The van der Waals surface area contributed by atoms with Gasteiger partial charge in [0.1, 0.15) is 0 Å². The van der Waals surface area contributed by atoms with Crippen molar-refractivity contribution in [2.75, 3.05) is 19.6 Å². The minimum atomic E-state index is -0.916. The Bertz CT molecular complexity index is 1020. The Balaban J connectivity index is 0.00000385. The number of hydrogen-bond acceptors (Lipinski definition) is 4. The van der Waals surface area contributed by atoms with E-state index in [0.717, 1.165) is 31.5 Å². The number of likely N-dealkylation sites (tertiary alicyclic amines) is 1. The van der Waals surface area contributed by atoms with Gasteiger partial charge in [0.2, 0.25) is 0 Å². The van der Waals surface area contributed by atoms with Crippen LogP contribution >= 0.6 is 11.6 Å². The van der Waals surface area contributed by atoms with E-state index in [9.17, 15) is 14.7 Å². The third-order valence-electron chi connectivity index (χ3n) is 6.06. The van der Waals surface area contributed by atoms with Crippen molar-refractivity contribution >= 4 is 34.9 Å². The maximum atomic E-state index is 13.3. The van der Waals surface area contributed by atoms with E-state index in [-0.39, 0.29) is 28.9 Å². The van der Waals surface area contributed by atoms with Gasteiger partial charge in [-0.2, -0.15) is 0 Å². The number of hydrogen-bond donors (Lipinski definition) is 1. The first-order valence-electron chi connectivity index (χ1n) is 10.9. The Morgan fingerprint density at radius 2 is 1.94 bits per heavy atom. The quantitative estimate of drug-likeness (QED) is 0.383. The number of amides is 1. The Morgan fingerprint density at radius 3 is 2.58 bits per heavy atom. The largest absolute Gasteiger partial charge is 0.625 e. The summed E-state index contributed by atoms with van der Waals surface area (Å²) in [4.78, 5) is 31.4. The number of likely N-dealkylation sites (N-methyl/N-ethyl adjacent to an activating group) is 1. The van der Waals surface area contributed by atoms with E-state index in [4.69, 9.17) is 11.6 Å². The van der Waals surface area contributed by atoms with E-state index in [1.54, 1.807) is 25.1 Å². The van der Waals surface area contributed by atoms with Crippen molar-refractivity contribution in [3.63, 3.8) is 0 Å². The number of carbonyl (C=O) groups excluding carboxylic acids is 1. The van der Waals surface area contributed by atoms with E-state index in [1.807, 2.05) is 44.2 Å². The Hall–Kier alpha value is -2.21. The fraction of sp³-hybridized carbons (Fsp3) is 0.400. The minimum absolute atomic E-state index is 0. The third kappa shape index (κ3) is 6.23. The van der Waals surface area contributed by atoms with Crippen LogP contribution in [0.15, 0.2) is 53.5 Å². The molecule has 0 spiro atoms. The summed E-state index contributed by atoms with van der Waals surface area (Å²) in [6.07, 6.45) is 1.73. The molecule has 1 fully saturated rings. The molecule has 1 saturated heterocycles. The van der Waals surface area contributed by atoms with Crippen LogP contribution in [0.5, 0.6) is 0 Å². The van der Waals surface area contributed by atoms with Crippen molar-refractivity contribution in [3.8, 4) is 0 Å². The fourth-order valence-corrected chi connectivity index (χ4v) is 4.20. The SMILES string of the molecule is CCN1CCC[C@]1(C)C(=O)[N-]c1ccc(Cl)cc1C(=NC[C@H](C)C(=O)O)c1ccccc1.[Ni]. The standard InChI is InChI=1S/C25H30ClN3O3.Ni/c1-4-29-14-8-13-25(29,3)24(32)28-21-12-11-19(26)15-20(21)22(18-9-6-5-7-10-18)27-16-17(2)23(30)31;/h5-7,9-12,15,17H,4,8,13-14,16H2,1-3H3,(H2,27,28,30,31,32);/p-1/t17-,25+;/m0./s1. The number of nitrogens with zero attached hydrogens (tertiary/aromatic N) is 3. The molecule has 1 aliphatic heterocycles. The Labute approximate surface area is 210 Å². The van der Waals surface area contributed by atoms with Gasteiger partial charge in [0.15, 0.2) is 0 Å². The molecule has 0 unspecified atom stereocenters. The zero-order valence-electron chi connectivity index (χ0n) is 19.0. The normalized spacial score (nSPS) is 19.6. The average Bonchev–Trinajstić information content (AvgIpc) is 3.18. The maximum Gasteiger partial charge on any atom is 0.308 e. The van der Waals surface area contributed by atoms with Gasteiger partial charge in [-0.1, -0.05) is 61.8 Å². The maximum absolute atomic E-state index is 13.3. The molecule has 2 atom stereocenters. The van der Waals surface area contributed by atoms with Gasteiger partial charge in [0.25, 0.3) is 0 Å². The smallest absolute Gasteiger partial charge is 0.308 e. The molecular formula is C25H29ClN3NiO3-. The fourth-order valence-electron chi connectivity index (χ4n) is 4.03. The summed E-state index contributed by atoms with van der Waals surface area (Å²) in [7, 11) is 0. The summed E-state index contributed by atoms with van der Waals surface area (Å²) in [6.45, 7) is 7.38. The molecule has 6 nitrogen and oxygen atoms in total. The summed E-state index contributed by atoms with van der Waals surface area (Å²) in [5.74, 6) is -1.75. The zero-order chi connectivity index (χ0) is 23.3. The van der Waals surface area contributed by atoms with Crippen molar-refractivity contribution in [3.05, 3.63) is 70.0 Å². The van der Waals surface area contributed by atoms with Crippen molar-refractivity contribution in [1.82, 2.24) is 4.90 Å². The van der Waals surface area contributed by atoms with E-state index in [0.29, 0.717) is 22.0 Å². The Morgan fingerprint density at radius 1 is 1.24 bits per heavy atom. The molecule has 2 aromatic rings. The summed E-state index contributed by atoms with van der Waals surface area (Å²) >= 11 is 6.31. The molecule has 2 aromatic carbocycles. The first-order chi connectivity index (χ1) is 15.3. The van der Waals surface area contributed by atoms with Crippen LogP contribution in [0.1, 0.15) is 44.7 Å². The van der Waals surface area contributed by atoms with Crippen LogP contribution < -0.4 is 0 Å². The number of rotatable bonds is 8. The predicted octanol–water partition coefficient (Wildman–Crippen LogP) is 5.30. The summed E-state index contributed by atoms with van der Waals surface area (Å²) in [5.41, 5.74) is 1.83. The summed E-state index contributed by atoms with van der Waals surface area (Å²) < 4.78 is 0. The molecule has 1 aliphatic rings. The average molecular weight is 514 g/mol. The molecule has 180 valence electrons. The molecule has 1 N–H and O–H groups in total. The van der Waals surface area contributed by atoms with Crippen LogP contribution in [0, 0.1) is 5.92 Å². The van der Waals surface area contributed by atoms with Crippen molar-refractivity contribution in [2.45, 2.75) is 39.2 Å². The van der Waals surface area contributed by atoms with Gasteiger partial charge in [-0.05, 0) is 50.6 Å². The van der Waals surface area contributed by atoms with Gasteiger partial charge in [0.05, 0.1) is 29.6 Å². The molecule has 0 aromatic heterocycles. The number of halogens is 1. The molecule has 8 heteroatoms. The second-order valence-corrected chi connectivity index (χ2v) is 8.77. The van der Waals surface area contributed by atoms with E-state index < -0.39 is 17.4 Å². The minimum Gasteiger partial charge on any atom is -0.625 e. The first kappa shape index (κ1) is 27.0. The Kier molecular flexibility index (Phi) is 9.65. The zero-order valence-corrected chi connectivity index (χ0v) is 20.8. The number of carbonyl (C=O) groups is 2. The number of carboxylic acids is 1. The van der Waals surface area contributed by atoms with Crippen LogP contribution in [-0.2, 0) is 26.1 Å². The molecule has 0 bridgehead atoms. The monoisotopic (exact) mass is 512 g/mol. The first-order valence-corrected chi connectivity index (χ1v) is 11.3. The second-order valence-electron chi connectivity index (χ2n) is 8.33. The van der Waals surface area contributed by atoms with Crippen LogP contribution in [0.25, 0.3) is 5.32 Å². The van der Waals surface area contributed by atoms with Crippen molar-refractivity contribution in [2.24, 2.45) is 10.9 Å². The number of aliphatic imine (C=N–C) groups is 1. The molecular weight excluding hydrogens is 484 g/mol. The summed E-state index contributed by atoms with van der Waals surface area (Å²) in [6, 6.07) is 14.6. The molecule has 3 rings (SSSR count). The van der Waals surface area contributed by atoms with E-state index in [2.05, 4.69) is 15.2 Å². The van der Waals surface area contributed by atoms with Gasteiger partial charge < -0.3 is 15.2 Å². The predicted molar refractivity (Wildman–Crippen MR) is 128 cm³/mol. The number of aliphatic carboxylic acids is 1. The number of carboxylic acid groups (broad SMARTS) is 1. The van der Waals surface area contributed by atoms with Gasteiger partial charge >= 0.3 is 5.97 Å².